The molecule has 6 heteroatoms. The third-order valence-electron chi connectivity index (χ3n) is 12.4. The van der Waals surface area contributed by atoms with E-state index in [1.165, 1.54) is 6.92 Å². The molecule has 5 rings (SSSR count). The fourth-order valence-electron chi connectivity index (χ4n) is 10.1. The molecule has 5 aliphatic carbocycles. The molecule has 0 radical (unpaired) electrons. The topological polar surface area (TPSA) is 98.5 Å². The molecule has 1 amide bonds. The molecule has 3 fully saturated rings. The standard InChI is InChI=1S/C32H44N2O4/c1-27(2)11-13-32(26(37)34(7)8)14-12-30(5)24(20(32)17-27)21(35)15-23-28(3)16-19(18-33)25(36)31(6,38)22(28)9-10-29(23,30)4/h15-16,20,22,24,38H,9-14,17H2,1-8H3/t20?,22?,24?,28-,29+,30+,31-,32-/m0/s1. The number of ketones is 2. The third-order valence-corrected chi connectivity index (χ3v) is 12.4. The van der Waals surface area contributed by atoms with E-state index in [2.05, 4.69) is 27.7 Å². The van der Waals surface area contributed by atoms with Gasteiger partial charge in [-0.15, -0.1) is 0 Å². The van der Waals surface area contributed by atoms with Crippen LogP contribution in [0.15, 0.2) is 23.3 Å². The molecular weight excluding hydrogens is 476 g/mol. The van der Waals surface area contributed by atoms with E-state index in [1.807, 2.05) is 33.2 Å². The summed E-state index contributed by atoms with van der Waals surface area (Å²) in [5, 5.41) is 21.2. The van der Waals surface area contributed by atoms with Crippen LogP contribution in [0.5, 0.6) is 0 Å². The minimum Gasteiger partial charge on any atom is -0.382 e. The third kappa shape index (κ3) is 3.17. The number of hydrogen-bond acceptors (Lipinski definition) is 5. The molecule has 0 aromatic rings. The lowest BCUT2D eigenvalue weighted by Gasteiger charge is -2.68. The second-order valence-electron chi connectivity index (χ2n) is 15.0. The van der Waals surface area contributed by atoms with Gasteiger partial charge in [-0.3, -0.25) is 14.4 Å². The van der Waals surface area contributed by atoms with Crippen LogP contribution in [0.3, 0.4) is 0 Å². The lowest BCUT2D eigenvalue weighted by Crippen LogP contribution is -2.67. The van der Waals surface area contributed by atoms with Crippen LogP contribution in [-0.4, -0.2) is 47.2 Å². The number of hydrogen-bond donors (Lipinski definition) is 1. The van der Waals surface area contributed by atoms with Crippen molar-refractivity contribution < 1.29 is 19.5 Å². The SMILES string of the molecule is CN(C)C(=O)[C@]12CCC(C)(C)CC1C1C(=O)C=C3[C@@]4(C)C=C(C#N)C(=O)[C@@](C)(O)C4CC[C@@]3(C)[C@]1(C)CC2. The molecule has 1 N–H and O–H groups in total. The molecule has 0 aromatic heterocycles. The molecule has 5 aliphatic rings. The van der Waals surface area contributed by atoms with Crippen molar-refractivity contribution in [2.24, 2.45) is 44.8 Å². The van der Waals surface area contributed by atoms with Crippen molar-refractivity contribution in [3.63, 3.8) is 0 Å². The molecule has 206 valence electrons. The Hall–Kier alpha value is -2.26. The highest BCUT2D eigenvalue weighted by Gasteiger charge is 2.71. The zero-order valence-electron chi connectivity index (χ0n) is 24.4. The summed E-state index contributed by atoms with van der Waals surface area (Å²) >= 11 is 0. The second-order valence-corrected chi connectivity index (χ2v) is 15.0. The van der Waals surface area contributed by atoms with Crippen molar-refractivity contribution in [2.45, 2.75) is 92.1 Å². The Morgan fingerprint density at radius 1 is 1.03 bits per heavy atom. The van der Waals surface area contributed by atoms with Crippen LogP contribution in [0, 0.1) is 56.2 Å². The van der Waals surface area contributed by atoms with Crippen molar-refractivity contribution in [2.75, 3.05) is 14.1 Å². The highest BCUT2D eigenvalue weighted by atomic mass is 16.3. The van der Waals surface area contributed by atoms with Crippen molar-refractivity contribution in [3.8, 4) is 6.07 Å². The Morgan fingerprint density at radius 2 is 1.66 bits per heavy atom. The monoisotopic (exact) mass is 520 g/mol. The van der Waals surface area contributed by atoms with Gasteiger partial charge in [-0.2, -0.15) is 5.26 Å². The molecule has 6 nitrogen and oxygen atoms in total. The maximum Gasteiger partial charge on any atom is 0.228 e. The molecular formula is C32H44N2O4. The van der Waals surface area contributed by atoms with E-state index in [4.69, 9.17) is 0 Å². The molecule has 0 aromatic carbocycles. The molecule has 0 bridgehead atoms. The van der Waals surface area contributed by atoms with Gasteiger partial charge >= 0.3 is 0 Å². The average Bonchev–Trinajstić information content (AvgIpc) is 2.82. The number of nitriles is 1. The number of Topliss-reactive ketones (excluding diaryl/α,β-unsaturated/α-hetero) is 1. The van der Waals surface area contributed by atoms with Crippen molar-refractivity contribution in [1.29, 1.82) is 5.26 Å². The smallest absolute Gasteiger partial charge is 0.228 e. The van der Waals surface area contributed by atoms with Crippen LogP contribution < -0.4 is 0 Å². The van der Waals surface area contributed by atoms with Crippen LogP contribution in [0.2, 0.25) is 0 Å². The van der Waals surface area contributed by atoms with E-state index in [9.17, 15) is 24.8 Å². The van der Waals surface area contributed by atoms with Gasteiger partial charge in [0.2, 0.25) is 11.7 Å². The Morgan fingerprint density at radius 3 is 2.26 bits per heavy atom. The Balaban J connectivity index is 1.71. The maximum absolute atomic E-state index is 14.4. The summed E-state index contributed by atoms with van der Waals surface area (Å²) in [6.07, 6.45) is 9.12. The minimum atomic E-state index is -1.66. The van der Waals surface area contributed by atoms with Gasteiger partial charge in [0.15, 0.2) is 5.78 Å². The summed E-state index contributed by atoms with van der Waals surface area (Å²) < 4.78 is 0. The highest BCUT2D eigenvalue weighted by molar-refractivity contribution is 6.06. The highest BCUT2D eigenvalue weighted by Crippen LogP contribution is 2.74. The number of rotatable bonds is 1. The molecule has 3 unspecified atom stereocenters. The van der Waals surface area contributed by atoms with Crippen LogP contribution in [0.1, 0.15) is 86.5 Å². The first-order chi connectivity index (χ1) is 17.4. The number of aliphatic hydroxyl groups is 1. The lowest BCUT2D eigenvalue weighted by molar-refractivity contribution is -0.184. The van der Waals surface area contributed by atoms with Gasteiger partial charge in [0.1, 0.15) is 11.7 Å². The van der Waals surface area contributed by atoms with Crippen LogP contribution in [0.4, 0.5) is 0 Å². The molecule has 0 saturated heterocycles. The fourth-order valence-corrected chi connectivity index (χ4v) is 10.1. The number of nitrogens with zero attached hydrogens (tertiary/aromatic N) is 2. The second kappa shape index (κ2) is 7.90. The molecule has 8 atom stereocenters. The van der Waals surface area contributed by atoms with E-state index < -0.39 is 28.1 Å². The molecule has 0 heterocycles. The first-order valence-electron chi connectivity index (χ1n) is 14.3. The van der Waals surface area contributed by atoms with E-state index >= 15 is 0 Å². The zero-order valence-corrected chi connectivity index (χ0v) is 24.4. The number of amides is 1. The summed E-state index contributed by atoms with van der Waals surface area (Å²) in [4.78, 5) is 42.9. The number of carbonyl (C=O) groups excluding carboxylic acids is 3. The van der Waals surface area contributed by atoms with Crippen LogP contribution >= 0.6 is 0 Å². The predicted octanol–water partition coefficient (Wildman–Crippen LogP) is 5.02. The summed E-state index contributed by atoms with van der Waals surface area (Å²) in [7, 11) is 3.67. The Kier molecular flexibility index (Phi) is 5.68. The molecule has 3 saturated carbocycles. The number of fused-ring (bicyclic) bond motifs is 7. The van der Waals surface area contributed by atoms with Gasteiger partial charge in [-0.05, 0) is 80.1 Å². The molecule has 0 aliphatic heterocycles. The number of allylic oxidation sites excluding steroid dienone is 3. The van der Waals surface area contributed by atoms with Crippen molar-refractivity contribution in [3.05, 3.63) is 23.3 Å². The van der Waals surface area contributed by atoms with Crippen LogP contribution in [0.25, 0.3) is 0 Å². The van der Waals surface area contributed by atoms with E-state index in [-0.39, 0.29) is 45.3 Å². The number of carbonyl (C=O) groups is 3. The fraction of sp³-hybridized carbons (Fsp3) is 0.750. The van der Waals surface area contributed by atoms with Crippen LogP contribution in [-0.2, 0) is 14.4 Å². The van der Waals surface area contributed by atoms with Crippen molar-refractivity contribution in [1.82, 2.24) is 4.90 Å². The summed E-state index contributed by atoms with van der Waals surface area (Å²) in [5.74, 6) is -0.992. The Bertz CT molecular complexity index is 1230. The van der Waals surface area contributed by atoms with E-state index in [0.717, 1.165) is 44.1 Å². The normalized spacial score (nSPS) is 47.3. The van der Waals surface area contributed by atoms with Gasteiger partial charge in [0, 0.05) is 31.3 Å². The molecule has 38 heavy (non-hydrogen) atoms. The average molecular weight is 521 g/mol. The summed E-state index contributed by atoms with van der Waals surface area (Å²) in [6.45, 7) is 12.6. The maximum atomic E-state index is 14.4. The molecule has 0 spiro atoms. The largest absolute Gasteiger partial charge is 0.382 e. The summed E-state index contributed by atoms with van der Waals surface area (Å²) in [6, 6.07) is 2.02. The van der Waals surface area contributed by atoms with E-state index in [0.29, 0.717) is 6.42 Å². The predicted molar refractivity (Wildman–Crippen MR) is 144 cm³/mol. The first kappa shape index (κ1) is 27.3. The Labute approximate surface area is 227 Å². The lowest BCUT2D eigenvalue weighted by atomic mass is 9.34. The first-order valence-corrected chi connectivity index (χ1v) is 14.3. The van der Waals surface area contributed by atoms with Gasteiger partial charge < -0.3 is 10.0 Å². The summed E-state index contributed by atoms with van der Waals surface area (Å²) in [5.41, 5.74) is -2.70. The van der Waals surface area contributed by atoms with Gasteiger partial charge in [-0.25, -0.2) is 0 Å². The van der Waals surface area contributed by atoms with Gasteiger partial charge in [0.25, 0.3) is 0 Å². The minimum absolute atomic E-state index is 0.0214. The zero-order chi connectivity index (χ0) is 28.3. The van der Waals surface area contributed by atoms with E-state index in [1.54, 1.807) is 11.0 Å². The quantitative estimate of drug-likeness (QED) is 0.524. The van der Waals surface area contributed by atoms with Gasteiger partial charge in [0.05, 0.1) is 11.0 Å². The van der Waals surface area contributed by atoms with Crippen molar-refractivity contribution >= 4 is 17.5 Å². The van der Waals surface area contributed by atoms with Gasteiger partial charge in [-0.1, -0.05) is 46.3 Å².